The van der Waals surface area contributed by atoms with Gasteiger partial charge in [0.05, 0.1) is 24.4 Å². The fourth-order valence-corrected chi connectivity index (χ4v) is 5.53. The molecular formula is C25H29BrN4O3. The number of halogens is 1. The van der Waals surface area contributed by atoms with Crippen molar-refractivity contribution in [2.45, 2.75) is 32.6 Å². The van der Waals surface area contributed by atoms with Crippen molar-refractivity contribution in [2.75, 3.05) is 44.7 Å². The van der Waals surface area contributed by atoms with Gasteiger partial charge >= 0.3 is 0 Å². The van der Waals surface area contributed by atoms with Crippen LogP contribution in [-0.2, 0) is 16.0 Å². The highest BCUT2D eigenvalue weighted by atomic mass is 79.9. The summed E-state index contributed by atoms with van der Waals surface area (Å²) in [5, 5.41) is 6.10. The molecule has 0 spiro atoms. The molecule has 2 aliphatic heterocycles. The van der Waals surface area contributed by atoms with Gasteiger partial charge in [0.2, 0.25) is 0 Å². The standard InChI is InChI=1S/C25H29BrN4O3/c1-15-21(24(31)27-8-3-9-30-10-12-33-13-11-30)17-4-2-5-18(23(17)28-15)22-19-14-16(26)6-7-20(19)29-25(22)32/h6-7,14,28H,2-5,8-13H2,1H3,(H,27,31)(H,29,32). The lowest BCUT2D eigenvalue weighted by Gasteiger charge is -2.26. The fraction of sp³-hybridized carbons (Fsp3) is 0.440. The SMILES string of the molecule is Cc1[nH]c2c(c1C(=O)NCCCN1CCOCC1)CCCC2=C1C(=O)Nc2ccc(Br)cc21. The zero-order valence-corrected chi connectivity index (χ0v) is 20.4. The molecule has 7 nitrogen and oxygen atoms in total. The maximum Gasteiger partial charge on any atom is 0.256 e. The first-order valence-corrected chi connectivity index (χ1v) is 12.5. The van der Waals surface area contributed by atoms with Crippen molar-refractivity contribution >= 4 is 44.6 Å². The number of nitrogens with zero attached hydrogens (tertiary/aromatic N) is 1. The molecule has 33 heavy (non-hydrogen) atoms. The maximum absolute atomic E-state index is 13.1. The predicted molar refractivity (Wildman–Crippen MR) is 132 cm³/mol. The van der Waals surface area contributed by atoms with Gasteiger partial charge in [-0.05, 0) is 68.5 Å². The third kappa shape index (κ3) is 4.39. The van der Waals surface area contributed by atoms with E-state index in [0.717, 1.165) is 102 Å². The normalized spacial score (nSPS) is 20.4. The van der Waals surface area contributed by atoms with Gasteiger partial charge in [-0.3, -0.25) is 14.5 Å². The predicted octanol–water partition coefficient (Wildman–Crippen LogP) is 3.74. The topological polar surface area (TPSA) is 86.5 Å². The summed E-state index contributed by atoms with van der Waals surface area (Å²) in [5.74, 6) is -0.107. The van der Waals surface area contributed by atoms with Crippen LogP contribution >= 0.6 is 15.9 Å². The summed E-state index contributed by atoms with van der Waals surface area (Å²) in [6.45, 7) is 7.06. The Balaban J connectivity index is 1.37. The lowest BCUT2D eigenvalue weighted by Crippen LogP contribution is -2.38. The number of amides is 2. The largest absolute Gasteiger partial charge is 0.379 e. The van der Waals surface area contributed by atoms with Crippen LogP contribution in [0.3, 0.4) is 0 Å². The number of carbonyl (C=O) groups excluding carboxylic acids is 2. The first-order valence-electron chi connectivity index (χ1n) is 11.7. The van der Waals surface area contributed by atoms with Crippen LogP contribution in [0.1, 0.15) is 52.1 Å². The lowest BCUT2D eigenvalue weighted by atomic mass is 9.86. The highest BCUT2D eigenvalue weighted by Gasteiger charge is 2.33. The summed E-state index contributed by atoms with van der Waals surface area (Å²) in [6.07, 6.45) is 3.47. The molecule has 3 N–H and O–H groups in total. The zero-order valence-electron chi connectivity index (χ0n) is 18.9. The van der Waals surface area contributed by atoms with E-state index in [-0.39, 0.29) is 11.8 Å². The van der Waals surface area contributed by atoms with Gasteiger partial charge in [-0.25, -0.2) is 0 Å². The number of ether oxygens (including phenoxy) is 1. The number of aryl methyl sites for hydroxylation is 1. The number of morpholine rings is 1. The first-order chi connectivity index (χ1) is 16.0. The van der Waals surface area contributed by atoms with Gasteiger partial charge in [0.15, 0.2) is 0 Å². The van der Waals surface area contributed by atoms with Crippen LogP contribution < -0.4 is 10.6 Å². The molecule has 0 radical (unpaired) electrons. The number of hydrogen-bond acceptors (Lipinski definition) is 4. The van der Waals surface area contributed by atoms with E-state index in [9.17, 15) is 9.59 Å². The van der Waals surface area contributed by atoms with E-state index < -0.39 is 0 Å². The molecule has 1 aliphatic carbocycles. The zero-order chi connectivity index (χ0) is 22.9. The molecule has 0 saturated carbocycles. The molecule has 2 amide bonds. The number of benzene rings is 1. The van der Waals surface area contributed by atoms with Crippen LogP contribution in [0, 0.1) is 6.92 Å². The number of H-pyrrole nitrogens is 1. The van der Waals surface area contributed by atoms with Crippen LogP contribution in [0.5, 0.6) is 0 Å². The van der Waals surface area contributed by atoms with E-state index in [1.54, 1.807) is 0 Å². The smallest absolute Gasteiger partial charge is 0.256 e. The minimum Gasteiger partial charge on any atom is -0.379 e. The second-order valence-corrected chi connectivity index (χ2v) is 9.81. The number of anilines is 1. The summed E-state index contributed by atoms with van der Waals surface area (Å²) in [7, 11) is 0. The van der Waals surface area contributed by atoms with Crippen LogP contribution in [0.25, 0.3) is 11.1 Å². The second-order valence-electron chi connectivity index (χ2n) is 8.89. The van der Waals surface area contributed by atoms with Gasteiger partial charge < -0.3 is 20.4 Å². The molecule has 1 aromatic carbocycles. The molecule has 174 valence electrons. The Morgan fingerprint density at radius 1 is 1.24 bits per heavy atom. The number of hydrogen-bond donors (Lipinski definition) is 3. The number of aromatic amines is 1. The van der Waals surface area contributed by atoms with E-state index >= 15 is 0 Å². The molecule has 0 bridgehead atoms. The molecule has 1 fully saturated rings. The Kier molecular flexibility index (Phi) is 6.40. The van der Waals surface area contributed by atoms with Crippen LogP contribution in [0.2, 0.25) is 0 Å². The molecular weight excluding hydrogens is 484 g/mol. The highest BCUT2D eigenvalue weighted by Crippen LogP contribution is 2.43. The van der Waals surface area contributed by atoms with E-state index in [4.69, 9.17) is 4.74 Å². The summed E-state index contributed by atoms with van der Waals surface area (Å²) in [5.41, 5.74) is 7.03. The molecule has 8 heteroatoms. The molecule has 3 aliphatic rings. The summed E-state index contributed by atoms with van der Waals surface area (Å²) in [6, 6.07) is 5.84. The van der Waals surface area contributed by atoms with E-state index in [0.29, 0.717) is 12.1 Å². The van der Waals surface area contributed by atoms with Gasteiger partial charge in [-0.15, -0.1) is 0 Å². The molecule has 0 unspecified atom stereocenters. The Bertz CT molecular complexity index is 1130. The highest BCUT2D eigenvalue weighted by molar-refractivity contribution is 9.10. The van der Waals surface area contributed by atoms with Crippen LogP contribution in [0.4, 0.5) is 5.69 Å². The monoisotopic (exact) mass is 512 g/mol. The van der Waals surface area contributed by atoms with Gasteiger partial charge in [0.25, 0.3) is 11.8 Å². The van der Waals surface area contributed by atoms with Crippen molar-refractivity contribution in [1.82, 2.24) is 15.2 Å². The molecule has 0 atom stereocenters. The Morgan fingerprint density at radius 3 is 2.88 bits per heavy atom. The summed E-state index contributed by atoms with van der Waals surface area (Å²) >= 11 is 3.53. The van der Waals surface area contributed by atoms with Crippen molar-refractivity contribution in [3.63, 3.8) is 0 Å². The van der Waals surface area contributed by atoms with Crippen molar-refractivity contribution in [1.29, 1.82) is 0 Å². The van der Waals surface area contributed by atoms with Crippen LogP contribution in [-0.4, -0.2) is 61.1 Å². The molecule has 2 aromatic rings. The third-order valence-corrected chi connectivity index (χ3v) is 7.24. The van der Waals surface area contributed by atoms with Crippen molar-refractivity contribution < 1.29 is 14.3 Å². The number of fused-ring (bicyclic) bond motifs is 2. The van der Waals surface area contributed by atoms with Crippen molar-refractivity contribution in [2.24, 2.45) is 0 Å². The van der Waals surface area contributed by atoms with Crippen LogP contribution in [0.15, 0.2) is 22.7 Å². The van der Waals surface area contributed by atoms with E-state index in [2.05, 4.69) is 36.4 Å². The van der Waals surface area contributed by atoms with E-state index in [1.165, 1.54) is 0 Å². The molecule has 1 aromatic heterocycles. The van der Waals surface area contributed by atoms with Gasteiger partial charge in [0.1, 0.15) is 0 Å². The number of carbonyl (C=O) groups is 2. The second kappa shape index (κ2) is 9.44. The number of allylic oxidation sites excluding steroid dienone is 1. The first kappa shape index (κ1) is 22.4. The molecule has 5 rings (SSSR count). The minimum atomic E-state index is -0.0766. The Morgan fingerprint density at radius 2 is 2.06 bits per heavy atom. The Hall–Kier alpha value is -2.42. The average Bonchev–Trinajstić information content (AvgIpc) is 3.32. The summed E-state index contributed by atoms with van der Waals surface area (Å²) < 4.78 is 6.33. The van der Waals surface area contributed by atoms with Gasteiger partial charge in [0, 0.05) is 46.7 Å². The summed E-state index contributed by atoms with van der Waals surface area (Å²) in [4.78, 5) is 31.8. The minimum absolute atomic E-state index is 0.0303. The molecule has 3 heterocycles. The number of nitrogens with one attached hydrogen (secondary N) is 3. The maximum atomic E-state index is 13.1. The molecule has 1 saturated heterocycles. The number of rotatable bonds is 5. The third-order valence-electron chi connectivity index (χ3n) is 6.74. The van der Waals surface area contributed by atoms with Gasteiger partial charge in [-0.1, -0.05) is 15.9 Å². The van der Waals surface area contributed by atoms with Crippen molar-refractivity contribution in [3.05, 3.63) is 50.8 Å². The Labute approximate surface area is 202 Å². The van der Waals surface area contributed by atoms with Gasteiger partial charge in [-0.2, -0.15) is 0 Å². The van der Waals surface area contributed by atoms with E-state index in [1.807, 2.05) is 25.1 Å². The lowest BCUT2D eigenvalue weighted by molar-refractivity contribution is -0.110. The fourth-order valence-electron chi connectivity index (χ4n) is 5.17. The van der Waals surface area contributed by atoms with Crippen molar-refractivity contribution in [3.8, 4) is 0 Å². The quantitative estimate of drug-likeness (QED) is 0.420. The number of aromatic nitrogens is 1. The average molecular weight is 513 g/mol.